The monoisotopic (exact) mass is 155 g/mol. The molecule has 1 atom stereocenters. The summed E-state index contributed by atoms with van der Waals surface area (Å²) < 4.78 is 35.5. The summed E-state index contributed by atoms with van der Waals surface area (Å²) in [5, 5.41) is 0. The van der Waals surface area contributed by atoms with Gasteiger partial charge in [0.05, 0.1) is 0 Å². The SMILES string of the molecule is CC(C)(C)[C@H](N)C(F)(F)F. The molecule has 0 aliphatic heterocycles. The van der Waals surface area contributed by atoms with Crippen LogP contribution >= 0.6 is 0 Å². The highest BCUT2D eigenvalue weighted by molar-refractivity contribution is 4.82. The van der Waals surface area contributed by atoms with E-state index >= 15 is 0 Å². The highest BCUT2D eigenvalue weighted by Gasteiger charge is 2.43. The average Bonchev–Trinajstić information content (AvgIpc) is 1.59. The van der Waals surface area contributed by atoms with Crippen LogP contribution in [0, 0.1) is 5.41 Å². The number of rotatable bonds is 0. The smallest absolute Gasteiger partial charge is 0.320 e. The molecule has 0 amide bonds. The first-order valence-corrected chi connectivity index (χ1v) is 2.98. The summed E-state index contributed by atoms with van der Waals surface area (Å²) in [5.41, 5.74) is 4.00. The number of alkyl halides is 3. The van der Waals surface area contributed by atoms with E-state index in [0.29, 0.717) is 0 Å². The zero-order chi connectivity index (χ0) is 8.58. The molecule has 0 bridgehead atoms. The summed E-state index contributed by atoms with van der Waals surface area (Å²) >= 11 is 0. The van der Waals surface area contributed by atoms with E-state index in [0.717, 1.165) is 0 Å². The summed E-state index contributed by atoms with van der Waals surface area (Å²) in [4.78, 5) is 0. The van der Waals surface area contributed by atoms with Gasteiger partial charge >= 0.3 is 6.18 Å². The van der Waals surface area contributed by atoms with Crippen molar-refractivity contribution in [2.45, 2.75) is 33.0 Å². The minimum Gasteiger partial charge on any atom is -0.320 e. The van der Waals surface area contributed by atoms with Crippen molar-refractivity contribution < 1.29 is 13.2 Å². The minimum absolute atomic E-state index is 0.905. The first-order valence-electron chi connectivity index (χ1n) is 2.98. The van der Waals surface area contributed by atoms with Crippen molar-refractivity contribution in [2.75, 3.05) is 0 Å². The molecular formula is C6H12F3N. The van der Waals surface area contributed by atoms with E-state index in [4.69, 9.17) is 5.73 Å². The molecule has 0 fully saturated rings. The molecule has 0 aliphatic rings. The second-order valence-electron chi connectivity index (χ2n) is 3.39. The molecule has 0 unspecified atom stereocenters. The summed E-state index contributed by atoms with van der Waals surface area (Å²) in [6, 6.07) is -1.74. The molecule has 0 aromatic carbocycles. The Morgan fingerprint density at radius 1 is 1.10 bits per heavy atom. The lowest BCUT2D eigenvalue weighted by Crippen LogP contribution is -2.47. The molecule has 62 valence electrons. The third-order valence-corrected chi connectivity index (χ3v) is 1.29. The zero-order valence-corrected chi connectivity index (χ0v) is 6.29. The van der Waals surface area contributed by atoms with Crippen molar-refractivity contribution in [1.82, 2.24) is 0 Å². The second kappa shape index (κ2) is 2.42. The van der Waals surface area contributed by atoms with Gasteiger partial charge in [0.25, 0.3) is 0 Å². The molecule has 0 aromatic heterocycles. The van der Waals surface area contributed by atoms with Gasteiger partial charge in [0.1, 0.15) is 6.04 Å². The van der Waals surface area contributed by atoms with Crippen LogP contribution in [0.15, 0.2) is 0 Å². The minimum atomic E-state index is -4.28. The fourth-order valence-corrected chi connectivity index (χ4v) is 0.491. The topological polar surface area (TPSA) is 26.0 Å². The molecule has 0 aromatic rings. The van der Waals surface area contributed by atoms with Crippen LogP contribution in [0.2, 0.25) is 0 Å². The van der Waals surface area contributed by atoms with Gasteiger partial charge in [0.2, 0.25) is 0 Å². The van der Waals surface area contributed by atoms with Gasteiger partial charge in [0.15, 0.2) is 0 Å². The van der Waals surface area contributed by atoms with E-state index in [-0.39, 0.29) is 0 Å². The van der Waals surface area contributed by atoms with Crippen LogP contribution in [0.4, 0.5) is 13.2 Å². The van der Waals surface area contributed by atoms with Gasteiger partial charge in [-0.3, -0.25) is 0 Å². The molecule has 0 spiro atoms. The summed E-state index contributed by atoms with van der Waals surface area (Å²) in [6.45, 7) is 4.39. The maximum atomic E-state index is 11.8. The lowest BCUT2D eigenvalue weighted by molar-refractivity contribution is -0.167. The Bertz CT molecular complexity index is 97.1. The quantitative estimate of drug-likeness (QED) is 0.568. The van der Waals surface area contributed by atoms with Gasteiger partial charge in [-0.15, -0.1) is 0 Å². The van der Waals surface area contributed by atoms with Gasteiger partial charge in [0, 0.05) is 0 Å². The van der Waals surface area contributed by atoms with E-state index in [2.05, 4.69) is 0 Å². The Kier molecular flexibility index (Phi) is 2.36. The van der Waals surface area contributed by atoms with Gasteiger partial charge in [-0.25, -0.2) is 0 Å². The van der Waals surface area contributed by atoms with E-state index < -0.39 is 17.6 Å². The molecule has 2 N–H and O–H groups in total. The van der Waals surface area contributed by atoms with E-state index in [1.54, 1.807) is 0 Å². The van der Waals surface area contributed by atoms with E-state index in [9.17, 15) is 13.2 Å². The highest BCUT2D eigenvalue weighted by Crippen LogP contribution is 2.30. The van der Waals surface area contributed by atoms with Crippen LogP contribution in [0.1, 0.15) is 20.8 Å². The summed E-state index contributed by atoms with van der Waals surface area (Å²) in [6.07, 6.45) is -4.28. The van der Waals surface area contributed by atoms with Crippen LogP contribution in [-0.2, 0) is 0 Å². The Balaban J connectivity index is 4.23. The first-order chi connectivity index (χ1) is 4.15. The predicted octanol–water partition coefficient (Wildman–Crippen LogP) is 1.92. The number of hydrogen-bond acceptors (Lipinski definition) is 1. The van der Waals surface area contributed by atoms with Gasteiger partial charge < -0.3 is 5.73 Å². The normalized spacial score (nSPS) is 17.1. The number of hydrogen-bond donors (Lipinski definition) is 1. The van der Waals surface area contributed by atoms with Crippen molar-refractivity contribution in [3.63, 3.8) is 0 Å². The molecule has 0 heterocycles. The third kappa shape index (κ3) is 2.56. The number of nitrogens with two attached hydrogens (primary N) is 1. The lowest BCUT2D eigenvalue weighted by Gasteiger charge is -2.28. The van der Waals surface area contributed by atoms with Gasteiger partial charge in [-0.2, -0.15) is 13.2 Å². The van der Waals surface area contributed by atoms with Crippen molar-refractivity contribution >= 4 is 0 Å². The molecule has 0 saturated heterocycles. The van der Waals surface area contributed by atoms with Crippen LogP contribution in [0.5, 0.6) is 0 Å². The average molecular weight is 155 g/mol. The maximum absolute atomic E-state index is 11.8. The highest BCUT2D eigenvalue weighted by atomic mass is 19.4. The van der Waals surface area contributed by atoms with Crippen LogP contribution < -0.4 is 5.73 Å². The fraction of sp³-hybridized carbons (Fsp3) is 1.00. The molecule has 0 aliphatic carbocycles. The molecule has 10 heavy (non-hydrogen) atoms. The standard InChI is InChI=1S/C6H12F3N/c1-5(2,3)4(10)6(7,8)9/h4H,10H2,1-3H3/t4-/m0/s1. The van der Waals surface area contributed by atoms with Crippen LogP contribution in [0.3, 0.4) is 0 Å². The molecule has 0 radical (unpaired) electrons. The maximum Gasteiger partial charge on any atom is 0.404 e. The lowest BCUT2D eigenvalue weighted by atomic mass is 9.87. The van der Waals surface area contributed by atoms with E-state index in [1.165, 1.54) is 20.8 Å². The second-order valence-corrected chi connectivity index (χ2v) is 3.39. The number of halogens is 3. The Morgan fingerprint density at radius 2 is 1.40 bits per heavy atom. The fourth-order valence-electron chi connectivity index (χ4n) is 0.491. The Morgan fingerprint density at radius 3 is 1.40 bits per heavy atom. The first kappa shape index (κ1) is 9.75. The van der Waals surface area contributed by atoms with Crippen LogP contribution in [0.25, 0.3) is 0 Å². The zero-order valence-electron chi connectivity index (χ0n) is 6.29. The van der Waals surface area contributed by atoms with Crippen molar-refractivity contribution in [2.24, 2.45) is 11.1 Å². The largest absolute Gasteiger partial charge is 0.404 e. The molecular weight excluding hydrogens is 143 g/mol. The molecule has 0 rings (SSSR count). The van der Waals surface area contributed by atoms with E-state index in [1.807, 2.05) is 0 Å². The summed E-state index contributed by atoms with van der Waals surface area (Å²) in [5.74, 6) is 0. The molecule has 0 saturated carbocycles. The van der Waals surface area contributed by atoms with Gasteiger partial charge in [-0.05, 0) is 5.41 Å². The molecule has 1 nitrogen and oxygen atoms in total. The Labute approximate surface area is 58.4 Å². The third-order valence-electron chi connectivity index (χ3n) is 1.29. The van der Waals surface area contributed by atoms with Gasteiger partial charge in [-0.1, -0.05) is 20.8 Å². The van der Waals surface area contributed by atoms with Crippen LogP contribution in [-0.4, -0.2) is 12.2 Å². The molecule has 4 heteroatoms. The van der Waals surface area contributed by atoms with Crippen molar-refractivity contribution in [1.29, 1.82) is 0 Å². The van der Waals surface area contributed by atoms with Crippen molar-refractivity contribution in [3.05, 3.63) is 0 Å². The predicted molar refractivity (Wildman–Crippen MR) is 33.5 cm³/mol. The summed E-state index contributed by atoms with van der Waals surface area (Å²) in [7, 11) is 0. The Hall–Kier alpha value is -0.250. The van der Waals surface area contributed by atoms with Crippen molar-refractivity contribution in [3.8, 4) is 0 Å².